The lowest BCUT2D eigenvalue weighted by Gasteiger charge is -2.36. The molecule has 0 saturated carbocycles. The molecule has 3 unspecified atom stereocenters. The number of aryl methyl sites for hydroxylation is 2. The Morgan fingerprint density at radius 1 is 0.568 bits per heavy atom. The zero-order valence-corrected chi connectivity index (χ0v) is 75.2. The van der Waals surface area contributed by atoms with Gasteiger partial charge in [0, 0.05) is 31.8 Å². The molecule has 14 rings (SSSR count). The number of hydrogen-bond donors (Lipinski definition) is 6. The molecular weight excluding hydrogens is 1630 g/mol. The number of ketones is 1. The Morgan fingerprint density at radius 3 is 1.42 bits per heavy atom. The van der Waals surface area contributed by atoms with Crippen molar-refractivity contribution >= 4 is 87.5 Å². The van der Waals surface area contributed by atoms with Gasteiger partial charge in [0.05, 0.1) is 51.6 Å². The number of nitrogens with zero attached hydrogens (tertiary/aromatic N) is 2. The summed E-state index contributed by atoms with van der Waals surface area (Å²) < 4.78 is 36.3. The number of carbonyl (C=O) groups is 6. The van der Waals surface area contributed by atoms with Gasteiger partial charge in [0.15, 0.2) is 5.69 Å². The van der Waals surface area contributed by atoms with Crippen LogP contribution in [0, 0.1) is 30.2 Å². The second-order valence-electron chi connectivity index (χ2n) is 32.3. The molecule has 4 aliphatic rings. The van der Waals surface area contributed by atoms with Crippen LogP contribution in [0.25, 0.3) is 15.6 Å². The number of aliphatic hydroxyl groups is 1. The van der Waals surface area contributed by atoms with E-state index in [1.54, 1.807) is 30.7 Å². The van der Waals surface area contributed by atoms with Crippen LogP contribution in [0.3, 0.4) is 0 Å². The van der Waals surface area contributed by atoms with E-state index in [1.807, 2.05) is 110 Å². The number of nitrogens with two attached hydrogens (primary N) is 1. The maximum atomic E-state index is 13.8. The number of alkyl halides is 3. The summed E-state index contributed by atoms with van der Waals surface area (Å²) in [6.07, 6.45) is 9.79. The maximum Gasteiger partial charge on any atom is 0.411 e. The number of rotatable bonds is 29. The number of nitrogens with one attached hydrogen (secondary N) is 2. The number of hydrogen-bond acceptors (Lipinski definition) is 13. The number of fused-ring (bicyclic) bond motifs is 4. The van der Waals surface area contributed by atoms with Gasteiger partial charge in [0.2, 0.25) is 17.7 Å². The molecule has 21 heteroatoms. The highest BCUT2D eigenvalue weighted by Gasteiger charge is 2.45. The van der Waals surface area contributed by atoms with E-state index < -0.39 is 29.5 Å². The van der Waals surface area contributed by atoms with Crippen LogP contribution in [0.1, 0.15) is 192 Å². The molecule has 2 fully saturated rings. The molecule has 2 saturated heterocycles. The third-order valence-corrected chi connectivity index (χ3v) is 27.7. The number of Topliss-reactive ketones (excluding diaryl/α,β-unsaturated/α-hetero) is 1. The second kappa shape index (κ2) is 51.5. The summed E-state index contributed by atoms with van der Waals surface area (Å²) in [5.74, 6) is 1.55. The van der Waals surface area contributed by atoms with Gasteiger partial charge < -0.3 is 47.2 Å². The first kappa shape index (κ1) is 100. The average molecular weight is 1750 g/mol. The number of benzene rings is 10. The van der Waals surface area contributed by atoms with E-state index in [0.29, 0.717) is 25.2 Å². The first-order chi connectivity index (χ1) is 60.0. The SMILES string of the molecule is CC(C)CCC=O.COC(C)CCC(CC(=O)[C@@H](C)CCSC(c1ccccc1)(c1ccccc1)c1ccccc1)C(=O)N[C@@H]1CCCc2ccccc21.C[C@@H](CCSC(c1ccccc1)(c1ccccc1)c1ccccc1)C(=O)O.N.N[C@H]1CCS[C@H]2CCC(C(=O)N[C@@H]3CCCc4ccccc43)N2C1=O.OCC(F)(F)F.[C-]#[N+]c1cccc2ccccc12. The minimum atomic E-state index is -4.40. The van der Waals surface area contributed by atoms with Crippen molar-refractivity contribution in [1.29, 1.82) is 0 Å². The van der Waals surface area contributed by atoms with Crippen LogP contribution in [0.15, 0.2) is 273 Å². The lowest BCUT2D eigenvalue weighted by Crippen LogP contribution is -2.52. The lowest BCUT2D eigenvalue weighted by molar-refractivity contribution is -0.159. The van der Waals surface area contributed by atoms with Gasteiger partial charge in [-0.15, -0.1) is 35.3 Å². The Morgan fingerprint density at radius 2 is 0.992 bits per heavy atom. The smallest absolute Gasteiger partial charge is 0.411 e. The van der Waals surface area contributed by atoms with Gasteiger partial charge in [-0.05, 0) is 186 Å². The highest BCUT2D eigenvalue weighted by atomic mass is 32.2. The van der Waals surface area contributed by atoms with Crippen LogP contribution >= 0.6 is 35.3 Å². The van der Waals surface area contributed by atoms with E-state index in [2.05, 4.69) is 230 Å². The number of ether oxygens (including phenoxy) is 1. The highest BCUT2D eigenvalue weighted by molar-refractivity contribution is 8.01. The van der Waals surface area contributed by atoms with E-state index in [1.165, 1.54) is 55.6 Å². The van der Waals surface area contributed by atoms with E-state index >= 15 is 0 Å². The fourth-order valence-electron chi connectivity index (χ4n) is 16.1. The number of carbonyl (C=O) groups excluding carboxylic acids is 5. The summed E-state index contributed by atoms with van der Waals surface area (Å²) in [7, 11) is 1.70. The van der Waals surface area contributed by atoms with Crippen LogP contribution in [-0.4, -0.2) is 112 Å². The summed E-state index contributed by atoms with van der Waals surface area (Å²) in [5, 5.41) is 25.4. The topological polar surface area (TPSA) is 245 Å². The summed E-state index contributed by atoms with van der Waals surface area (Å²) >= 11 is 5.46. The second-order valence-corrected chi connectivity index (χ2v) is 36.3. The van der Waals surface area contributed by atoms with Gasteiger partial charge in [0.25, 0.3) is 0 Å². The molecular formula is C104H123F3N6O9S3. The molecule has 9 atom stereocenters. The largest absolute Gasteiger partial charge is 0.481 e. The number of carboxylic acid groups (broad SMARTS) is 1. The van der Waals surface area contributed by atoms with Crippen molar-refractivity contribution in [3.05, 3.63) is 340 Å². The third kappa shape index (κ3) is 28.9. The minimum Gasteiger partial charge on any atom is -0.481 e. The fraction of sp³-hybridized carbons (Fsp3) is 0.375. The summed E-state index contributed by atoms with van der Waals surface area (Å²) in [6, 6.07) is 93.1. The molecule has 9 N–H and O–H groups in total. The molecule has 10 aromatic rings. The number of methoxy groups -OCH3 is 1. The molecule has 3 amide bonds. The van der Waals surface area contributed by atoms with Crippen LogP contribution < -0.4 is 22.5 Å². The molecule has 10 aromatic carbocycles. The van der Waals surface area contributed by atoms with Gasteiger partial charge in [-0.1, -0.05) is 301 Å². The molecule has 662 valence electrons. The van der Waals surface area contributed by atoms with Crippen LogP contribution in [0.2, 0.25) is 0 Å². The van der Waals surface area contributed by atoms with E-state index in [4.69, 9.17) is 22.1 Å². The third-order valence-electron chi connectivity index (χ3n) is 23.2. The molecule has 2 aliphatic heterocycles. The van der Waals surface area contributed by atoms with Crippen LogP contribution in [0.5, 0.6) is 0 Å². The Hall–Kier alpha value is -10.2. The average Bonchev–Trinajstić information content (AvgIpc) is 1.47. The predicted octanol–water partition coefficient (Wildman–Crippen LogP) is 22.8. The Labute approximate surface area is 750 Å². The standard InChI is InChI=1S/C42H49NO3S.C24H24O2S.C19H25N3O2S.C11H7N.C6H12O.C2H3F3O.H3N/c1-31(28-29-47-42(35-18-7-4-8-19-35,36-20-9-5-10-21-36)37-22-11-6-12-23-37)40(44)30-34(27-26-32(2)46-3)41(45)43-39-25-15-17-33-16-13-14-24-38(33)39;1-19(23(25)26)17-18-27-24(20-11-5-2-6-12-20,21-13-7-3-8-14-21)22-15-9-4-10-16-22;20-14-10-11-25-17-9-8-16(22(17)19(14)24)18(23)21-15-7-3-5-12-4-1-2-6-13(12)15;1-12-11-8-4-6-9-5-2-3-7-10(9)11;1-6(2)4-3-5-7;3-2(4,5)1-6;/h4-14,16,18-24,31-32,34,39H,15,17,25-30H2,1-3H3,(H,43,45);2-16,19H,17-18H2,1H3,(H,25,26);1-2,4,6,14-17H,3,5,7-11,20H2,(H,21,23);2-8H;5-6H,3-4H2,1-2H3;6H,1H2;1H3/t31-,32?,34?,39+;19-;14-,15+,16?,17-;;;;/m000..../s1. The fourth-order valence-corrected chi connectivity index (χ4v) is 20.9. The van der Waals surface area contributed by atoms with Crippen molar-refractivity contribution in [3.63, 3.8) is 0 Å². The number of aldehydes is 1. The van der Waals surface area contributed by atoms with Crippen molar-refractivity contribution < 1.29 is 56.9 Å². The summed E-state index contributed by atoms with van der Waals surface area (Å²) in [6.45, 7) is 15.3. The quantitative estimate of drug-likeness (QED) is 0.0145. The van der Waals surface area contributed by atoms with Crippen molar-refractivity contribution in [1.82, 2.24) is 21.7 Å². The number of amides is 3. The van der Waals surface area contributed by atoms with E-state index in [9.17, 15) is 47.0 Å². The molecule has 0 aromatic heterocycles. The Balaban J connectivity index is 0.000000211. The first-order valence-electron chi connectivity index (χ1n) is 43.3. The predicted molar refractivity (Wildman–Crippen MR) is 505 cm³/mol. The van der Waals surface area contributed by atoms with Gasteiger partial charge in [0.1, 0.15) is 24.7 Å². The minimum absolute atomic E-state index is 0. The Bertz CT molecular complexity index is 4780. The first-order valence-corrected chi connectivity index (χ1v) is 46.3. The van der Waals surface area contributed by atoms with Crippen molar-refractivity contribution in [2.45, 2.75) is 189 Å². The zero-order chi connectivity index (χ0) is 88.9. The number of thioether (sulfide) groups is 3. The number of aliphatic hydroxyl groups excluding tert-OH is 1. The maximum absolute atomic E-state index is 13.8. The highest BCUT2D eigenvalue weighted by Crippen LogP contribution is 2.51. The number of aliphatic carboxylic acids is 1. The van der Waals surface area contributed by atoms with Crippen molar-refractivity contribution in [2.24, 2.45) is 29.4 Å². The normalized spacial score (nSPS) is 17.3. The monoisotopic (exact) mass is 1750 g/mol. The molecule has 125 heavy (non-hydrogen) atoms. The molecule has 2 aliphatic carbocycles. The molecule has 0 spiro atoms. The molecule has 0 bridgehead atoms. The number of carboxylic acids is 1. The Kier molecular flexibility index (Phi) is 41.3. The van der Waals surface area contributed by atoms with Gasteiger partial charge in [-0.25, -0.2) is 4.85 Å². The molecule has 2 heterocycles. The lowest BCUT2D eigenvalue weighted by atomic mass is 9.84. The van der Waals surface area contributed by atoms with Crippen LogP contribution in [-0.2, 0) is 55.8 Å². The van der Waals surface area contributed by atoms with Crippen molar-refractivity contribution in [3.8, 4) is 0 Å². The zero-order valence-electron chi connectivity index (χ0n) is 72.8. The van der Waals surface area contributed by atoms with E-state index in [-0.39, 0.29) is 88.2 Å². The summed E-state index contributed by atoms with van der Waals surface area (Å²) in [5.41, 5.74) is 19.1. The van der Waals surface area contributed by atoms with Crippen molar-refractivity contribution in [2.75, 3.05) is 31.0 Å². The molecule has 0 radical (unpaired) electrons. The van der Waals surface area contributed by atoms with Gasteiger partial charge in [-0.3, -0.25) is 24.0 Å². The number of halogens is 3. The van der Waals surface area contributed by atoms with Gasteiger partial charge >= 0.3 is 12.1 Å². The van der Waals surface area contributed by atoms with E-state index in [0.717, 1.165) is 117 Å². The molecule has 15 nitrogen and oxygen atoms in total. The summed E-state index contributed by atoms with van der Waals surface area (Å²) in [4.78, 5) is 79.4. The van der Waals surface area contributed by atoms with Crippen LogP contribution in [0.4, 0.5) is 18.9 Å². The van der Waals surface area contributed by atoms with Gasteiger partial charge in [-0.2, -0.15) is 13.2 Å².